The summed E-state index contributed by atoms with van der Waals surface area (Å²) in [5, 5.41) is 0. The Kier molecular flexibility index (Phi) is 4.40. The summed E-state index contributed by atoms with van der Waals surface area (Å²) >= 11 is 0. The summed E-state index contributed by atoms with van der Waals surface area (Å²) < 4.78 is 11.3. The minimum atomic E-state index is 0.203. The van der Waals surface area contributed by atoms with Crippen LogP contribution in [0.2, 0.25) is 0 Å². The highest BCUT2D eigenvalue weighted by atomic mass is 16.5. The molecular weight excluding hydrogens is 214 g/mol. The van der Waals surface area contributed by atoms with E-state index in [4.69, 9.17) is 15.2 Å². The van der Waals surface area contributed by atoms with Crippen molar-refractivity contribution >= 4 is 0 Å². The van der Waals surface area contributed by atoms with Crippen molar-refractivity contribution < 1.29 is 9.47 Å². The zero-order valence-corrected chi connectivity index (χ0v) is 10.4. The van der Waals surface area contributed by atoms with E-state index in [0.29, 0.717) is 6.61 Å². The average molecular weight is 235 g/mol. The lowest BCUT2D eigenvalue weighted by Crippen LogP contribution is -2.23. The third-order valence-electron chi connectivity index (χ3n) is 3.16. The molecule has 0 aromatic heterocycles. The van der Waals surface area contributed by atoms with Crippen LogP contribution in [0.1, 0.15) is 25.3 Å². The molecule has 1 aromatic carbocycles. The molecule has 0 radical (unpaired) electrons. The van der Waals surface area contributed by atoms with Crippen molar-refractivity contribution in [3.05, 3.63) is 29.8 Å². The van der Waals surface area contributed by atoms with E-state index < -0.39 is 0 Å². The first-order chi connectivity index (χ1) is 8.29. The van der Waals surface area contributed by atoms with Crippen LogP contribution < -0.4 is 10.5 Å². The van der Waals surface area contributed by atoms with Gasteiger partial charge in [0.25, 0.3) is 0 Å². The number of ether oxygens (including phenoxy) is 2. The van der Waals surface area contributed by atoms with Gasteiger partial charge in [-0.05, 0) is 24.5 Å². The third-order valence-corrected chi connectivity index (χ3v) is 3.16. The van der Waals surface area contributed by atoms with Crippen molar-refractivity contribution in [3.8, 4) is 5.75 Å². The topological polar surface area (TPSA) is 44.5 Å². The number of para-hydroxylation sites is 1. The summed E-state index contributed by atoms with van der Waals surface area (Å²) in [7, 11) is 0. The second kappa shape index (κ2) is 6.03. The fourth-order valence-corrected chi connectivity index (χ4v) is 2.00. The summed E-state index contributed by atoms with van der Waals surface area (Å²) in [5.41, 5.74) is 7.20. The predicted molar refractivity (Wildman–Crippen MR) is 68.3 cm³/mol. The average Bonchev–Trinajstić information content (AvgIpc) is 2.84. The van der Waals surface area contributed by atoms with Gasteiger partial charge in [-0.1, -0.05) is 25.1 Å². The monoisotopic (exact) mass is 235 g/mol. The Hall–Kier alpha value is -1.06. The Morgan fingerprint density at radius 3 is 3.00 bits per heavy atom. The normalized spacial score (nSPS) is 21.4. The molecule has 1 fully saturated rings. The Morgan fingerprint density at radius 2 is 2.29 bits per heavy atom. The highest BCUT2D eigenvalue weighted by molar-refractivity contribution is 5.34. The van der Waals surface area contributed by atoms with Crippen molar-refractivity contribution in [2.75, 3.05) is 13.2 Å². The Labute approximate surface area is 103 Å². The molecule has 2 unspecified atom stereocenters. The van der Waals surface area contributed by atoms with Gasteiger partial charge >= 0.3 is 0 Å². The number of hydrogen-bond donors (Lipinski definition) is 1. The molecular formula is C14H21NO2. The summed E-state index contributed by atoms with van der Waals surface area (Å²) in [6.07, 6.45) is 3.05. The summed E-state index contributed by atoms with van der Waals surface area (Å²) in [5.74, 6) is 0.965. The lowest BCUT2D eigenvalue weighted by molar-refractivity contribution is 0.140. The minimum absolute atomic E-state index is 0.203. The maximum Gasteiger partial charge on any atom is 0.124 e. The Balaban J connectivity index is 2.04. The molecule has 1 aliphatic heterocycles. The summed E-state index contributed by atoms with van der Waals surface area (Å²) in [6, 6.07) is 8.37. The molecule has 1 heterocycles. The van der Waals surface area contributed by atoms with Crippen LogP contribution in [0.15, 0.2) is 24.3 Å². The molecule has 0 amide bonds. The van der Waals surface area contributed by atoms with E-state index >= 15 is 0 Å². The van der Waals surface area contributed by atoms with Crippen LogP contribution in [0.5, 0.6) is 5.75 Å². The first-order valence-electron chi connectivity index (χ1n) is 6.37. The molecule has 2 atom stereocenters. The van der Waals surface area contributed by atoms with Gasteiger partial charge in [0.1, 0.15) is 11.9 Å². The van der Waals surface area contributed by atoms with E-state index in [9.17, 15) is 0 Å². The maximum atomic E-state index is 6.00. The first-order valence-corrected chi connectivity index (χ1v) is 6.37. The van der Waals surface area contributed by atoms with Crippen molar-refractivity contribution in [2.24, 2.45) is 5.73 Å². The molecule has 1 saturated heterocycles. The van der Waals surface area contributed by atoms with Gasteiger partial charge in [-0.15, -0.1) is 0 Å². The zero-order chi connectivity index (χ0) is 12.1. The van der Waals surface area contributed by atoms with Gasteiger partial charge < -0.3 is 15.2 Å². The van der Waals surface area contributed by atoms with Crippen molar-refractivity contribution in [1.29, 1.82) is 0 Å². The summed E-state index contributed by atoms with van der Waals surface area (Å²) in [4.78, 5) is 0. The first kappa shape index (κ1) is 12.4. The highest BCUT2D eigenvalue weighted by Crippen LogP contribution is 2.23. The lowest BCUT2D eigenvalue weighted by Gasteiger charge is -2.17. The number of nitrogens with two attached hydrogens (primary N) is 1. The van der Waals surface area contributed by atoms with E-state index in [2.05, 4.69) is 13.0 Å². The van der Waals surface area contributed by atoms with Crippen LogP contribution >= 0.6 is 0 Å². The van der Waals surface area contributed by atoms with E-state index in [1.807, 2.05) is 18.2 Å². The quantitative estimate of drug-likeness (QED) is 0.850. The molecule has 0 bridgehead atoms. The number of rotatable bonds is 5. The minimum Gasteiger partial charge on any atom is -0.488 e. The molecule has 94 valence electrons. The second-order valence-electron chi connectivity index (χ2n) is 4.58. The second-order valence-corrected chi connectivity index (χ2v) is 4.58. The lowest BCUT2D eigenvalue weighted by atomic mass is 10.0. The number of hydrogen-bond acceptors (Lipinski definition) is 3. The maximum absolute atomic E-state index is 6.00. The highest BCUT2D eigenvalue weighted by Gasteiger charge is 2.18. The molecule has 1 aliphatic rings. The van der Waals surface area contributed by atoms with Crippen LogP contribution in [-0.4, -0.2) is 25.4 Å². The van der Waals surface area contributed by atoms with Gasteiger partial charge in [0.2, 0.25) is 0 Å². The van der Waals surface area contributed by atoms with Crippen molar-refractivity contribution in [3.63, 3.8) is 0 Å². The van der Waals surface area contributed by atoms with Crippen LogP contribution in [0.25, 0.3) is 0 Å². The molecule has 17 heavy (non-hydrogen) atoms. The van der Waals surface area contributed by atoms with Crippen LogP contribution in [0.3, 0.4) is 0 Å². The van der Waals surface area contributed by atoms with Gasteiger partial charge in [0.05, 0.1) is 13.2 Å². The summed E-state index contributed by atoms with van der Waals surface area (Å²) in [6.45, 7) is 3.62. The van der Waals surface area contributed by atoms with Gasteiger partial charge in [-0.2, -0.15) is 0 Å². The molecule has 2 N–H and O–H groups in total. The van der Waals surface area contributed by atoms with Crippen LogP contribution in [0, 0.1) is 0 Å². The molecule has 0 spiro atoms. The number of benzene rings is 1. The third kappa shape index (κ3) is 3.45. The van der Waals surface area contributed by atoms with Gasteiger partial charge in [0.15, 0.2) is 0 Å². The van der Waals surface area contributed by atoms with Crippen molar-refractivity contribution in [1.82, 2.24) is 0 Å². The molecule has 2 rings (SSSR count). The smallest absolute Gasteiger partial charge is 0.124 e. The Bertz CT molecular complexity index is 348. The SMILES string of the molecule is CCC(N)Cc1ccccc1OC1CCOC1. The van der Waals surface area contributed by atoms with Gasteiger partial charge in [-0.25, -0.2) is 0 Å². The van der Waals surface area contributed by atoms with Crippen molar-refractivity contribution in [2.45, 2.75) is 38.3 Å². The van der Waals surface area contributed by atoms with Crippen LogP contribution in [0.4, 0.5) is 0 Å². The zero-order valence-electron chi connectivity index (χ0n) is 10.4. The fraction of sp³-hybridized carbons (Fsp3) is 0.571. The van der Waals surface area contributed by atoms with Gasteiger partial charge in [0, 0.05) is 12.5 Å². The molecule has 1 aromatic rings. The standard InChI is InChI=1S/C14H21NO2/c1-2-12(15)9-11-5-3-4-6-14(11)17-13-7-8-16-10-13/h3-6,12-13H,2,7-10,15H2,1H3. The molecule has 0 aliphatic carbocycles. The molecule has 3 heteroatoms. The van der Waals surface area contributed by atoms with Gasteiger partial charge in [-0.3, -0.25) is 0 Å². The fourth-order valence-electron chi connectivity index (χ4n) is 2.00. The van der Waals surface area contributed by atoms with E-state index in [-0.39, 0.29) is 12.1 Å². The van der Waals surface area contributed by atoms with E-state index in [1.54, 1.807) is 0 Å². The molecule has 3 nitrogen and oxygen atoms in total. The Morgan fingerprint density at radius 1 is 1.47 bits per heavy atom. The van der Waals surface area contributed by atoms with E-state index in [0.717, 1.165) is 31.6 Å². The van der Waals surface area contributed by atoms with E-state index in [1.165, 1.54) is 5.56 Å². The predicted octanol–water partition coefficient (Wildman–Crippen LogP) is 2.13. The van der Waals surface area contributed by atoms with Crippen LogP contribution in [-0.2, 0) is 11.2 Å². The largest absolute Gasteiger partial charge is 0.488 e. The molecule has 0 saturated carbocycles.